The number of fused-ring (bicyclic) bond motifs is 5. The highest BCUT2D eigenvalue weighted by molar-refractivity contribution is 5.74. The first-order valence-electron chi connectivity index (χ1n) is 23.9. The molecule has 0 amide bonds. The molecule has 2 bridgehead atoms. The number of aliphatic hydroxyl groups is 2. The number of allylic oxidation sites excluding steroid dienone is 2. The number of carboxylic acids is 1. The second-order valence-corrected chi connectivity index (χ2v) is 19.3. The zero-order valence-corrected chi connectivity index (χ0v) is 36.9. The van der Waals surface area contributed by atoms with Crippen molar-refractivity contribution in [1.29, 1.82) is 0 Å². The minimum atomic E-state index is -1.85. The summed E-state index contributed by atoms with van der Waals surface area (Å²) in [5.41, 5.74) is 10.6. The van der Waals surface area contributed by atoms with Crippen LogP contribution in [-0.4, -0.2) is 45.5 Å². The molecule has 7 rings (SSSR count). The van der Waals surface area contributed by atoms with Crippen LogP contribution in [0.2, 0.25) is 0 Å². The molecule has 0 radical (unpaired) electrons. The maximum atomic E-state index is 13.7. The molecule has 9 atom stereocenters. The minimum Gasteiger partial charge on any atom is -0.508 e. The van der Waals surface area contributed by atoms with Crippen LogP contribution in [0.5, 0.6) is 5.75 Å². The van der Waals surface area contributed by atoms with Gasteiger partial charge in [-0.3, -0.25) is 4.79 Å². The van der Waals surface area contributed by atoms with E-state index in [2.05, 4.69) is 79.7 Å². The molecule has 1 saturated carbocycles. The van der Waals surface area contributed by atoms with Gasteiger partial charge < -0.3 is 31.0 Å². The van der Waals surface area contributed by atoms with Crippen molar-refractivity contribution >= 4 is 24.4 Å². The van der Waals surface area contributed by atoms with Crippen LogP contribution in [0.15, 0.2) is 90.5 Å². The zero-order valence-electron chi connectivity index (χ0n) is 36.9. The molecule has 9 unspecified atom stereocenters. The molecule has 3 aromatic carbocycles. The lowest BCUT2D eigenvalue weighted by Crippen LogP contribution is -2.51. The van der Waals surface area contributed by atoms with Crippen molar-refractivity contribution < 1.29 is 30.0 Å². The van der Waals surface area contributed by atoms with Gasteiger partial charge in [0.05, 0.1) is 5.92 Å². The van der Waals surface area contributed by atoms with Gasteiger partial charge in [0.1, 0.15) is 12.0 Å². The van der Waals surface area contributed by atoms with Gasteiger partial charge in [0, 0.05) is 17.3 Å². The summed E-state index contributed by atoms with van der Waals surface area (Å²) in [5, 5.41) is 47.0. The second-order valence-electron chi connectivity index (χ2n) is 19.3. The summed E-state index contributed by atoms with van der Waals surface area (Å²) in [7, 11) is 0. The van der Waals surface area contributed by atoms with Crippen molar-refractivity contribution in [3.05, 3.63) is 123 Å². The van der Waals surface area contributed by atoms with Crippen molar-refractivity contribution in [3.63, 3.8) is 0 Å². The molecule has 4 aliphatic rings. The third-order valence-corrected chi connectivity index (χ3v) is 15.4. The van der Waals surface area contributed by atoms with E-state index in [1.165, 1.54) is 21.6 Å². The summed E-state index contributed by atoms with van der Waals surface area (Å²) in [5.74, 6) is -1.73. The van der Waals surface area contributed by atoms with E-state index in [4.69, 9.17) is 5.73 Å². The fourth-order valence-corrected chi connectivity index (χ4v) is 12.1. The monoisotopic (exact) mass is 842 g/mol. The number of carbonyl (C=O) groups is 2. The number of nitrogens with two attached hydrogens (primary N) is 1. The maximum Gasteiger partial charge on any atom is 0.308 e. The number of rotatable bonds is 17. The van der Waals surface area contributed by atoms with Gasteiger partial charge in [0.25, 0.3) is 0 Å². The lowest BCUT2D eigenvalue weighted by molar-refractivity contribution is -0.158. The van der Waals surface area contributed by atoms with Crippen LogP contribution < -0.4 is 16.2 Å². The van der Waals surface area contributed by atoms with Crippen LogP contribution in [0.25, 0.3) is 12.2 Å². The summed E-state index contributed by atoms with van der Waals surface area (Å²) in [4.78, 5) is 26.0. The van der Waals surface area contributed by atoms with Gasteiger partial charge in [-0.25, -0.2) is 0 Å². The highest BCUT2D eigenvalue weighted by atomic mass is 16.5. The Morgan fingerprint density at radius 2 is 1.71 bits per heavy atom. The molecule has 1 spiro atoms. The van der Waals surface area contributed by atoms with Crippen LogP contribution in [-0.2, 0) is 27.8 Å². The SMILES string of the molecule is CCCCCc1cc(C2Cc3cccc(c3)C3(CCC4C=c5ccccc5=CC4C3)C(C(=O)O)C(C(O)O)C=CCC2CCCCCC(C=O)C2C=C(CCN)CC2)ccc1O. The number of aryl methyl sites for hydroxylation is 1. The molecule has 7 heteroatoms. The van der Waals surface area contributed by atoms with Crippen LogP contribution >= 0.6 is 0 Å². The Bertz CT molecular complexity index is 2170. The average Bonchev–Trinajstić information content (AvgIpc) is 3.73. The van der Waals surface area contributed by atoms with Gasteiger partial charge in [0.2, 0.25) is 0 Å². The Hall–Kier alpha value is -4.30. The number of aliphatic carboxylic acids is 1. The molecule has 1 fully saturated rings. The van der Waals surface area contributed by atoms with Crippen molar-refractivity contribution in [2.24, 2.45) is 47.2 Å². The van der Waals surface area contributed by atoms with Crippen LogP contribution in [0, 0.1) is 41.4 Å². The van der Waals surface area contributed by atoms with E-state index in [0.717, 1.165) is 113 Å². The number of carboxylic acid groups (broad SMARTS) is 1. The molecule has 0 aliphatic heterocycles. The molecule has 0 heterocycles. The number of aldehydes is 1. The first-order valence-corrected chi connectivity index (χ1v) is 23.9. The predicted octanol–water partition coefficient (Wildman–Crippen LogP) is 9.03. The smallest absolute Gasteiger partial charge is 0.308 e. The maximum absolute atomic E-state index is 13.7. The van der Waals surface area contributed by atoms with E-state index in [1.807, 2.05) is 24.3 Å². The number of phenolic OH excluding ortho intramolecular Hbond substituents is 1. The van der Waals surface area contributed by atoms with E-state index in [9.17, 15) is 30.0 Å². The molecule has 7 nitrogen and oxygen atoms in total. The lowest BCUT2D eigenvalue weighted by atomic mass is 9.53. The van der Waals surface area contributed by atoms with Crippen molar-refractivity contribution in [1.82, 2.24) is 0 Å². The minimum absolute atomic E-state index is 0.0324. The molecule has 3 aromatic rings. The second kappa shape index (κ2) is 21.4. The largest absolute Gasteiger partial charge is 0.508 e. The van der Waals surface area contributed by atoms with Gasteiger partial charge in [-0.1, -0.05) is 136 Å². The van der Waals surface area contributed by atoms with Gasteiger partial charge in [0.15, 0.2) is 6.29 Å². The number of aromatic hydroxyl groups is 1. The Labute approximate surface area is 369 Å². The first-order chi connectivity index (χ1) is 30.1. The summed E-state index contributed by atoms with van der Waals surface area (Å²) < 4.78 is 0. The highest BCUT2D eigenvalue weighted by Gasteiger charge is 2.53. The Kier molecular flexibility index (Phi) is 15.8. The number of phenols is 1. The summed E-state index contributed by atoms with van der Waals surface area (Å²) >= 11 is 0. The van der Waals surface area contributed by atoms with Gasteiger partial charge >= 0.3 is 5.97 Å². The normalized spacial score (nSPS) is 27.5. The standard InChI is InChI=1S/C55H71NO6/c1-2-3-5-16-45-34-44(23-24-51(45)58)50-31-38-12-10-19-48(30-38)55(27-25-43-32-40-14-8-9-15-41(40)33-47(43)35-55)52(54(61)62)49(53(59)60)20-11-18-39(50)13-6-4-7-17-46(36-57)42-22-21-37(29-42)26-28-56/h8-12,14-15,19-20,23-24,29-30,32-34,36,39,42-43,46-47,49-50,52-53,58-60H,2-7,13,16-18,21-22,25-28,31,35,56H2,1H3,(H,61,62). The molecular weight excluding hydrogens is 771 g/mol. The molecule has 0 aromatic heterocycles. The molecule has 4 aliphatic carbocycles. The van der Waals surface area contributed by atoms with E-state index in [1.54, 1.807) is 0 Å². The van der Waals surface area contributed by atoms with Crippen LogP contribution in [0.4, 0.5) is 0 Å². The molecule has 0 saturated heterocycles. The van der Waals surface area contributed by atoms with E-state index < -0.39 is 29.5 Å². The number of hydrogen-bond acceptors (Lipinski definition) is 6. The molecular formula is C55H71NO6. The molecule has 6 N–H and O–H groups in total. The zero-order chi connectivity index (χ0) is 43.6. The fraction of sp³-hybridized carbons (Fsp3) is 0.527. The van der Waals surface area contributed by atoms with Gasteiger partial charge in [-0.05, 0) is 152 Å². The van der Waals surface area contributed by atoms with Crippen molar-refractivity contribution in [3.8, 4) is 5.75 Å². The number of carbonyl (C=O) groups excluding carboxylic acids is 1. The number of unbranched alkanes of at least 4 members (excludes halogenated alkanes) is 4. The first kappa shape index (κ1) is 45.7. The van der Waals surface area contributed by atoms with E-state index in [-0.39, 0.29) is 29.6 Å². The Morgan fingerprint density at radius 1 is 0.903 bits per heavy atom. The third-order valence-electron chi connectivity index (χ3n) is 15.4. The number of aliphatic hydroxyl groups excluding tert-OH is 1. The molecule has 62 heavy (non-hydrogen) atoms. The average molecular weight is 842 g/mol. The van der Waals surface area contributed by atoms with Crippen LogP contribution in [0.3, 0.4) is 0 Å². The van der Waals surface area contributed by atoms with Crippen LogP contribution in [0.1, 0.15) is 131 Å². The summed E-state index contributed by atoms with van der Waals surface area (Å²) in [6.07, 6.45) is 25.4. The summed E-state index contributed by atoms with van der Waals surface area (Å²) in [6.45, 7) is 2.84. The van der Waals surface area contributed by atoms with E-state index >= 15 is 0 Å². The van der Waals surface area contributed by atoms with Crippen molar-refractivity contribution in [2.45, 2.75) is 134 Å². The Balaban J connectivity index is 1.22. The highest BCUT2D eigenvalue weighted by Crippen LogP contribution is 2.54. The summed E-state index contributed by atoms with van der Waals surface area (Å²) in [6, 6.07) is 23.2. The lowest BCUT2D eigenvalue weighted by Gasteiger charge is -2.49. The quantitative estimate of drug-likeness (QED) is 0.0396. The Morgan fingerprint density at radius 3 is 2.45 bits per heavy atom. The molecule has 332 valence electrons. The van der Waals surface area contributed by atoms with Crippen molar-refractivity contribution in [2.75, 3.05) is 6.54 Å². The number of benzene rings is 3. The number of hydrogen-bond donors (Lipinski definition) is 5. The van der Waals surface area contributed by atoms with Gasteiger partial charge in [-0.15, -0.1) is 0 Å². The topological polar surface area (TPSA) is 141 Å². The predicted molar refractivity (Wildman–Crippen MR) is 249 cm³/mol. The van der Waals surface area contributed by atoms with Gasteiger partial charge in [-0.2, -0.15) is 0 Å². The third kappa shape index (κ3) is 10.5. The van der Waals surface area contributed by atoms with E-state index in [0.29, 0.717) is 37.5 Å². The fourth-order valence-electron chi connectivity index (χ4n) is 12.1.